The molecule has 2 amide bonds. The zero-order valence-corrected chi connectivity index (χ0v) is 13.2. The molecule has 0 saturated carbocycles. The van der Waals surface area contributed by atoms with Crippen LogP contribution in [-0.4, -0.2) is 40.5 Å². The first-order chi connectivity index (χ1) is 10.3. The number of aliphatic hydroxyl groups is 1. The van der Waals surface area contributed by atoms with Gasteiger partial charge in [-0.3, -0.25) is 9.59 Å². The number of rotatable bonds is 5. The first kappa shape index (κ1) is 16.5. The van der Waals surface area contributed by atoms with Crippen molar-refractivity contribution in [3.8, 4) is 0 Å². The van der Waals surface area contributed by atoms with Gasteiger partial charge in [0.25, 0.3) is 0 Å². The number of nitrogens with one attached hydrogen (secondary N) is 1. The molecular formula is C17H24N2O3. The highest BCUT2D eigenvalue weighted by atomic mass is 16.3. The number of carbonyl (C=O) groups excluding carboxylic acids is 2. The standard InChI is InChI=1S/C17H24N2O3/c1-17(2,22)12-19(11-13-6-4-3-5-7-13)16(21)14-8-9-18-15(20)10-14/h3-7,14,22H,8-12H2,1-2H3,(H,18,20). The third kappa shape index (κ3) is 4.84. The number of hydrogen-bond acceptors (Lipinski definition) is 3. The molecule has 2 N–H and O–H groups in total. The smallest absolute Gasteiger partial charge is 0.226 e. The Kier molecular flexibility index (Phi) is 5.19. The van der Waals surface area contributed by atoms with E-state index in [9.17, 15) is 14.7 Å². The van der Waals surface area contributed by atoms with Gasteiger partial charge in [-0.2, -0.15) is 0 Å². The number of carbonyl (C=O) groups is 2. The summed E-state index contributed by atoms with van der Waals surface area (Å²) in [5.74, 6) is -0.423. The maximum atomic E-state index is 12.8. The number of amides is 2. The van der Waals surface area contributed by atoms with Crippen LogP contribution in [-0.2, 0) is 16.1 Å². The molecule has 22 heavy (non-hydrogen) atoms. The molecule has 1 fully saturated rings. The van der Waals surface area contributed by atoms with E-state index in [1.807, 2.05) is 30.3 Å². The Morgan fingerprint density at radius 1 is 1.36 bits per heavy atom. The Balaban J connectivity index is 2.12. The highest BCUT2D eigenvalue weighted by Gasteiger charge is 2.31. The molecule has 1 saturated heterocycles. The van der Waals surface area contributed by atoms with E-state index in [1.165, 1.54) is 0 Å². The van der Waals surface area contributed by atoms with Crippen molar-refractivity contribution in [2.45, 2.75) is 38.8 Å². The second kappa shape index (κ2) is 6.92. The zero-order valence-electron chi connectivity index (χ0n) is 13.2. The van der Waals surface area contributed by atoms with Gasteiger partial charge in [-0.25, -0.2) is 0 Å². The van der Waals surface area contributed by atoms with Gasteiger partial charge in [0, 0.05) is 32.0 Å². The van der Waals surface area contributed by atoms with Gasteiger partial charge in [0.05, 0.1) is 5.60 Å². The van der Waals surface area contributed by atoms with Crippen molar-refractivity contribution in [3.05, 3.63) is 35.9 Å². The molecule has 1 aliphatic heterocycles. The summed E-state index contributed by atoms with van der Waals surface area (Å²) in [6, 6.07) is 9.69. The predicted octanol–water partition coefficient (Wildman–Crippen LogP) is 1.31. The van der Waals surface area contributed by atoms with Crippen LogP contribution in [0.2, 0.25) is 0 Å². The largest absolute Gasteiger partial charge is 0.389 e. The van der Waals surface area contributed by atoms with E-state index in [0.29, 0.717) is 19.5 Å². The third-order valence-corrected chi connectivity index (χ3v) is 3.70. The molecular weight excluding hydrogens is 280 g/mol. The van der Waals surface area contributed by atoms with E-state index in [4.69, 9.17) is 0 Å². The van der Waals surface area contributed by atoms with Crippen LogP contribution >= 0.6 is 0 Å². The Labute approximate surface area is 131 Å². The number of piperidine rings is 1. The number of hydrogen-bond donors (Lipinski definition) is 2. The summed E-state index contributed by atoms with van der Waals surface area (Å²) in [6.07, 6.45) is 0.887. The number of benzene rings is 1. The normalized spacial score (nSPS) is 18.7. The summed E-state index contributed by atoms with van der Waals surface area (Å²) in [5, 5.41) is 12.8. The molecule has 2 rings (SSSR count). The van der Waals surface area contributed by atoms with Gasteiger partial charge in [0.1, 0.15) is 0 Å². The van der Waals surface area contributed by atoms with Crippen LogP contribution in [0.5, 0.6) is 0 Å². The monoisotopic (exact) mass is 304 g/mol. The molecule has 1 aromatic rings. The quantitative estimate of drug-likeness (QED) is 0.862. The molecule has 1 heterocycles. The highest BCUT2D eigenvalue weighted by molar-refractivity contribution is 5.87. The molecule has 0 aromatic heterocycles. The summed E-state index contributed by atoms with van der Waals surface area (Å²) >= 11 is 0. The van der Waals surface area contributed by atoms with E-state index >= 15 is 0 Å². The number of nitrogens with zero attached hydrogens (tertiary/aromatic N) is 1. The molecule has 1 aromatic carbocycles. The van der Waals surface area contributed by atoms with Crippen molar-refractivity contribution in [2.75, 3.05) is 13.1 Å². The molecule has 0 aliphatic carbocycles. The lowest BCUT2D eigenvalue weighted by atomic mass is 9.95. The van der Waals surface area contributed by atoms with Gasteiger partial charge < -0.3 is 15.3 Å². The molecule has 120 valence electrons. The summed E-state index contributed by atoms with van der Waals surface area (Å²) < 4.78 is 0. The Hall–Kier alpha value is -1.88. The summed E-state index contributed by atoms with van der Waals surface area (Å²) in [4.78, 5) is 25.9. The van der Waals surface area contributed by atoms with Crippen LogP contribution in [0, 0.1) is 5.92 Å². The van der Waals surface area contributed by atoms with Gasteiger partial charge in [-0.15, -0.1) is 0 Å². The predicted molar refractivity (Wildman–Crippen MR) is 83.9 cm³/mol. The lowest BCUT2D eigenvalue weighted by molar-refractivity contribution is -0.143. The second-order valence-electron chi connectivity index (χ2n) is 6.53. The Morgan fingerprint density at radius 3 is 2.64 bits per heavy atom. The van der Waals surface area contributed by atoms with Crippen LogP contribution in [0.4, 0.5) is 0 Å². The Morgan fingerprint density at radius 2 is 2.05 bits per heavy atom. The molecule has 1 unspecified atom stereocenters. The van der Waals surface area contributed by atoms with E-state index in [-0.39, 0.29) is 30.7 Å². The van der Waals surface area contributed by atoms with Crippen LogP contribution in [0.3, 0.4) is 0 Å². The lowest BCUT2D eigenvalue weighted by Crippen LogP contribution is -2.47. The average molecular weight is 304 g/mol. The minimum Gasteiger partial charge on any atom is -0.389 e. The van der Waals surface area contributed by atoms with Gasteiger partial charge >= 0.3 is 0 Å². The lowest BCUT2D eigenvalue weighted by Gasteiger charge is -2.33. The second-order valence-corrected chi connectivity index (χ2v) is 6.53. The first-order valence-electron chi connectivity index (χ1n) is 7.67. The van der Waals surface area contributed by atoms with Crippen molar-refractivity contribution in [1.82, 2.24) is 10.2 Å². The molecule has 1 aliphatic rings. The fraction of sp³-hybridized carbons (Fsp3) is 0.529. The molecule has 0 radical (unpaired) electrons. The SMILES string of the molecule is CC(C)(O)CN(Cc1ccccc1)C(=O)C1CCNC(=O)C1. The first-order valence-corrected chi connectivity index (χ1v) is 7.67. The summed E-state index contributed by atoms with van der Waals surface area (Å²) in [7, 11) is 0. The molecule has 5 heteroatoms. The Bertz CT molecular complexity index is 522. The van der Waals surface area contributed by atoms with Gasteiger partial charge in [0.2, 0.25) is 11.8 Å². The summed E-state index contributed by atoms with van der Waals surface area (Å²) in [5.41, 5.74) is 0.0434. The topological polar surface area (TPSA) is 69.6 Å². The maximum Gasteiger partial charge on any atom is 0.226 e. The van der Waals surface area contributed by atoms with Gasteiger partial charge in [-0.1, -0.05) is 30.3 Å². The molecule has 1 atom stereocenters. The van der Waals surface area contributed by atoms with E-state index in [1.54, 1.807) is 18.7 Å². The third-order valence-electron chi connectivity index (χ3n) is 3.70. The minimum atomic E-state index is -0.971. The maximum absolute atomic E-state index is 12.8. The van der Waals surface area contributed by atoms with Crippen LogP contribution < -0.4 is 5.32 Å². The molecule has 0 spiro atoms. The highest BCUT2D eigenvalue weighted by Crippen LogP contribution is 2.19. The van der Waals surface area contributed by atoms with Crippen LogP contribution in [0.25, 0.3) is 0 Å². The minimum absolute atomic E-state index is 0.0548. The average Bonchev–Trinajstić information content (AvgIpc) is 2.45. The van der Waals surface area contributed by atoms with Crippen molar-refractivity contribution >= 4 is 11.8 Å². The van der Waals surface area contributed by atoms with Crippen molar-refractivity contribution < 1.29 is 14.7 Å². The van der Waals surface area contributed by atoms with E-state index in [2.05, 4.69) is 5.32 Å². The van der Waals surface area contributed by atoms with Crippen LogP contribution in [0.15, 0.2) is 30.3 Å². The van der Waals surface area contributed by atoms with Crippen molar-refractivity contribution in [2.24, 2.45) is 5.92 Å². The molecule has 0 bridgehead atoms. The fourth-order valence-electron chi connectivity index (χ4n) is 2.74. The van der Waals surface area contributed by atoms with Crippen molar-refractivity contribution in [1.29, 1.82) is 0 Å². The molecule has 5 nitrogen and oxygen atoms in total. The van der Waals surface area contributed by atoms with Gasteiger partial charge in [-0.05, 0) is 25.8 Å². The van der Waals surface area contributed by atoms with E-state index in [0.717, 1.165) is 5.56 Å². The summed E-state index contributed by atoms with van der Waals surface area (Å²) in [6.45, 7) is 4.61. The van der Waals surface area contributed by atoms with Gasteiger partial charge in [0.15, 0.2) is 0 Å². The fourth-order valence-corrected chi connectivity index (χ4v) is 2.74. The zero-order chi connectivity index (χ0) is 16.2. The van der Waals surface area contributed by atoms with Crippen molar-refractivity contribution in [3.63, 3.8) is 0 Å². The van der Waals surface area contributed by atoms with E-state index < -0.39 is 5.60 Å². The van der Waals surface area contributed by atoms with Crippen LogP contribution in [0.1, 0.15) is 32.3 Å².